The number of hydrogen-bond acceptors (Lipinski definition) is 5. The van der Waals surface area contributed by atoms with Crippen LogP contribution in [0.1, 0.15) is 43.7 Å². The Morgan fingerprint density at radius 2 is 2.00 bits per heavy atom. The van der Waals surface area contributed by atoms with Crippen molar-refractivity contribution >= 4 is 16.5 Å². The zero-order valence-electron chi connectivity index (χ0n) is 14.0. The number of aromatic nitrogens is 1. The number of anilines is 1. The van der Waals surface area contributed by atoms with Gasteiger partial charge in [0.2, 0.25) is 0 Å². The fraction of sp³-hybridized carbons (Fsp3) is 0.812. The first-order chi connectivity index (χ1) is 10.1. The van der Waals surface area contributed by atoms with Crippen LogP contribution in [0.25, 0.3) is 0 Å². The minimum Gasteiger partial charge on any atom is -0.348 e. The summed E-state index contributed by atoms with van der Waals surface area (Å²) in [5, 5.41) is 4.83. The summed E-state index contributed by atoms with van der Waals surface area (Å²) in [7, 11) is 4.27. The number of nitrogens with one attached hydrogen (secondary N) is 1. The molecule has 1 fully saturated rings. The number of thiazole rings is 1. The molecule has 0 amide bonds. The molecule has 1 aromatic rings. The van der Waals surface area contributed by atoms with E-state index in [-0.39, 0.29) is 0 Å². The highest BCUT2D eigenvalue weighted by Gasteiger charge is 2.22. The Morgan fingerprint density at radius 3 is 2.57 bits per heavy atom. The molecule has 1 heterocycles. The van der Waals surface area contributed by atoms with Crippen molar-refractivity contribution in [2.45, 2.75) is 52.1 Å². The van der Waals surface area contributed by atoms with Crippen LogP contribution in [-0.4, -0.2) is 49.7 Å². The molecule has 0 radical (unpaired) electrons. The Morgan fingerprint density at radius 1 is 1.24 bits per heavy atom. The van der Waals surface area contributed by atoms with E-state index in [1.165, 1.54) is 35.0 Å². The fourth-order valence-electron chi connectivity index (χ4n) is 2.41. The summed E-state index contributed by atoms with van der Waals surface area (Å²) in [5.41, 5.74) is 1.29. The van der Waals surface area contributed by atoms with Gasteiger partial charge in [-0.1, -0.05) is 6.92 Å². The van der Waals surface area contributed by atoms with E-state index >= 15 is 0 Å². The van der Waals surface area contributed by atoms with Gasteiger partial charge in [0.25, 0.3) is 0 Å². The summed E-state index contributed by atoms with van der Waals surface area (Å²) in [6.07, 6.45) is 4.92. The smallest absolute Gasteiger partial charge is 0.185 e. The van der Waals surface area contributed by atoms with E-state index in [0.717, 1.165) is 38.6 Å². The van der Waals surface area contributed by atoms with Crippen LogP contribution in [0.2, 0.25) is 0 Å². The third-order valence-electron chi connectivity index (χ3n) is 3.92. The summed E-state index contributed by atoms with van der Waals surface area (Å²) in [5.74, 6) is 0. The topological polar surface area (TPSA) is 31.4 Å². The maximum Gasteiger partial charge on any atom is 0.185 e. The molecule has 2 rings (SSSR count). The van der Waals surface area contributed by atoms with E-state index < -0.39 is 0 Å². The van der Waals surface area contributed by atoms with Crippen LogP contribution in [0.3, 0.4) is 0 Å². The van der Waals surface area contributed by atoms with Gasteiger partial charge in [-0.05, 0) is 53.2 Å². The zero-order chi connectivity index (χ0) is 15.2. The molecule has 0 aliphatic heterocycles. The molecule has 0 aromatic carbocycles. The van der Waals surface area contributed by atoms with Crippen molar-refractivity contribution in [2.75, 3.05) is 38.6 Å². The highest BCUT2D eigenvalue weighted by atomic mass is 32.1. The van der Waals surface area contributed by atoms with Gasteiger partial charge in [-0.25, -0.2) is 4.98 Å². The van der Waals surface area contributed by atoms with Crippen molar-refractivity contribution in [3.63, 3.8) is 0 Å². The number of nitrogens with zero attached hydrogens (tertiary/aromatic N) is 3. The normalized spacial score (nSPS) is 14.9. The fourth-order valence-corrected chi connectivity index (χ4v) is 3.60. The van der Waals surface area contributed by atoms with Gasteiger partial charge in [0.1, 0.15) is 0 Å². The molecule has 0 spiro atoms. The average molecular weight is 311 g/mol. The second-order valence-corrected chi connectivity index (χ2v) is 7.17. The second-order valence-electron chi connectivity index (χ2n) is 6.11. The first kappa shape index (κ1) is 16.7. The van der Waals surface area contributed by atoms with Gasteiger partial charge >= 0.3 is 0 Å². The number of aryl methyl sites for hydroxylation is 1. The number of rotatable bonds is 10. The van der Waals surface area contributed by atoms with Gasteiger partial charge in [0.15, 0.2) is 5.13 Å². The van der Waals surface area contributed by atoms with Crippen LogP contribution >= 0.6 is 11.3 Å². The standard InChI is InChI=1S/C16H30N4S/c1-5-14-15(12-17-13-8-9-13)21-16(18-14)20(6-2)11-7-10-19(3)4/h13,17H,5-12H2,1-4H3. The SMILES string of the molecule is CCc1nc(N(CC)CCCN(C)C)sc1CNC1CC1. The minimum atomic E-state index is 0.766. The quantitative estimate of drug-likeness (QED) is 0.720. The van der Waals surface area contributed by atoms with Crippen molar-refractivity contribution in [3.05, 3.63) is 10.6 Å². The van der Waals surface area contributed by atoms with Crippen LogP contribution < -0.4 is 10.2 Å². The van der Waals surface area contributed by atoms with E-state index in [1.54, 1.807) is 0 Å². The Labute approximate surface area is 133 Å². The lowest BCUT2D eigenvalue weighted by atomic mass is 10.3. The van der Waals surface area contributed by atoms with Gasteiger partial charge in [-0.2, -0.15) is 0 Å². The highest BCUT2D eigenvalue weighted by molar-refractivity contribution is 7.15. The molecule has 0 unspecified atom stereocenters. The molecule has 0 atom stereocenters. The lowest BCUT2D eigenvalue weighted by Crippen LogP contribution is -2.26. The lowest BCUT2D eigenvalue weighted by Gasteiger charge is -2.20. The Bertz CT molecular complexity index is 426. The van der Waals surface area contributed by atoms with Crippen molar-refractivity contribution in [2.24, 2.45) is 0 Å². The highest BCUT2D eigenvalue weighted by Crippen LogP contribution is 2.28. The van der Waals surface area contributed by atoms with Gasteiger partial charge in [-0.3, -0.25) is 0 Å². The summed E-state index contributed by atoms with van der Waals surface area (Å²) in [6, 6.07) is 0.766. The molecule has 0 bridgehead atoms. The van der Waals surface area contributed by atoms with Crippen LogP contribution in [0.15, 0.2) is 0 Å². The number of hydrogen-bond donors (Lipinski definition) is 1. The molecule has 1 aliphatic carbocycles. The summed E-state index contributed by atoms with van der Waals surface area (Å²) in [4.78, 5) is 11.0. The first-order valence-corrected chi connectivity index (χ1v) is 9.07. The van der Waals surface area contributed by atoms with E-state index in [1.807, 2.05) is 11.3 Å². The van der Waals surface area contributed by atoms with Crippen molar-refractivity contribution < 1.29 is 0 Å². The van der Waals surface area contributed by atoms with Crippen molar-refractivity contribution in [3.8, 4) is 0 Å². The summed E-state index contributed by atoms with van der Waals surface area (Å²) in [6.45, 7) is 8.71. The molecule has 1 aliphatic rings. The predicted molar refractivity (Wildman–Crippen MR) is 92.4 cm³/mol. The molecule has 1 N–H and O–H groups in total. The van der Waals surface area contributed by atoms with Gasteiger partial charge < -0.3 is 15.1 Å². The Balaban J connectivity index is 1.95. The van der Waals surface area contributed by atoms with Crippen LogP contribution in [0.4, 0.5) is 5.13 Å². The lowest BCUT2D eigenvalue weighted by molar-refractivity contribution is 0.400. The van der Waals surface area contributed by atoms with E-state index in [2.05, 4.69) is 43.1 Å². The van der Waals surface area contributed by atoms with Crippen LogP contribution in [0, 0.1) is 0 Å². The van der Waals surface area contributed by atoms with Gasteiger partial charge in [-0.15, -0.1) is 11.3 Å². The molecule has 1 saturated carbocycles. The van der Waals surface area contributed by atoms with E-state index in [9.17, 15) is 0 Å². The third kappa shape index (κ3) is 5.24. The van der Waals surface area contributed by atoms with Gasteiger partial charge in [0.05, 0.1) is 5.69 Å². The molecule has 1 aromatic heterocycles. The summed E-state index contributed by atoms with van der Waals surface area (Å²) >= 11 is 1.88. The Hall–Kier alpha value is -0.650. The first-order valence-electron chi connectivity index (χ1n) is 8.25. The molecule has 0 saturated heterocycles. The van der Waals surface area contributed by atoms with Crippen molar-refractivity contribution in [1.29, 1.82) is 0 Å². The largest absolute Gasteiger partial charge is 0.348 e. The molecule has 5 heteroatoms. The molecule has 4 nitrogen and oxygen atoms in total. The molecular weight excluding hydrogens is 280 g/mol. The molecular formula is C16H30N4S. The summed E-state index contributed by atoms with van der Waals surface area (Å²) < 4.78 is 0. The van der Waals surface area contributed by atoms with E-state index in [4.69, 9.17) is 4.98 Å². The maximum atomic E-state index is 4.89. The van der Waals surface area contributed by atoms with Crippen LogP contribution in [0.5, 0.6) is 0 Å². The van der Waals surface area contributed by atoms with Gasteiger partial charge in [0, 0.05) is 30.6 Å². The monoisotopic (exact) mass is 310 g/mol. The Kier molecular flexibility index (Phi) is 6.45. The maximum absolute atomic E-state index is 4.89. The third-order valence-corrected chi connectivity index (χ3v) is 5.07. The van der Waals surface area contributed by atoms with E-state index in [0.29, 0.717) is 0 Å². The van der Waals surface area contributed by atoms with Crippen LogP contribution in [-0.2, 0) is 13.0 Å². The minimum absolute atomic E-state index is 0.766. The van der Waals surface area contributed by atoms with Crippen molar-refractivity contribution in [1.82, 2.24) is 15.2 Å². The zero-order valence-corrected chi connectivity index (χ0v) is 14.8. The average Bonchev–Trinajstić information content (AvgIpc) is 3.20. The molecule has 21 heavy (non-hydrogen) atoms. The second kappa shape index (κ2) is 8.11. The predicted octanol–water partition coefficient (Wildman–Crippen LogP) is 2.74. The molecule has 120 valence electrons.